The van der Waals surface area contributed by atoms with Gasteiger partial charge in [0.1, 0.15) is 0 Å². The smallest absolute Gasteiger partial charge is 0.281 e. The first kappa shape index (κ1) is 38.9. The fourth-order valence-corrected chi connectivity index (χ4v) is 0. The van der Waals surface area contributed by atoms with E-state index in [1.165, 1.54) is 0 Å². The van der Waals surface area contributed by atoms with Crippen LogP contribution in [-0.4, -0.2) is 47.2 Å². The molecular weight excluding hydrogens is 235 g/mol. The molecule has 0 aromatic rings. The van der Waals surface area contributed by atoms with Gasteiger partial charge < -0.3 is 0 Å². The van der Waals surface area contributed by atoms with Crippen molar-refractivity contribution in [2.24, 2.45) is 0 Å². The summed E-state index contributed by atoms with van der Waals surface area (Å²) in [5.74, 6) is 0. The SMILES string of the molecule is CP(C)C.[C]=O.[C]=O.[C]=O.[C]=O.[Fe]. The molecule has 0 amide bonds. The van der Waals surface area contributed by atoms with Crippen molar-refractivity contribution in [2.45, 2.75) is 0 Å². The molecule has 0 rings (SSSR count). The average Bonchev–Trinajstić information content (AvgIpc) is 2.16. The fourth-order valence-electron chi connectivity index (χ4n) is 0. The van der Waals surface area contributed by atoms with Crippen LogP contribution in [0.25, 0.3) is 0 Å². The van der Waals surface area contributed by atoms with Gasteiger partial charge in [-0.1, -0.05) is 0 Å². The van der Waals surface area contributed by atoms with Crippen molar-refractivity contribution in [3.05, 3.63) is 0 Å². The summed E-state index contributed by atoms with van der Waals surface area (Å²) in [6.45, 7) is 24.7. The van der Waals surface area contributed by atoms with Crippen LogP contribution in [0.2, 0.25) is 0 Å². The van der Waals surface area contributed by atoms with Gasteiger partial charge in [0.2, 0.25) is 0 Å². The summed E-state index contributed by atoms with van der Waals surface area (Å²) >= 11 is 0. The van der Waals surface area contributed by atoms with Crippen LogP contribution in [0.4, 0.5) is 0 Å². The Bertz CT molecular complexity index is 47.0. The monoisotopic (exact) mass is 244 g/mol. The third-order valence-electron chi connectivity index (χ3n) is 0. The Kier molecular flexibility index (Phi) is 568. The molecule has 0 fully saturated rings. The van der Waals surface area contributed by atoms with E-state index in [0.717, 1.165) is 0 Å². The molecule has 0 N–H and O–H groups in total. The van der Waals surface area contributed by atoms with E-state index in [9.17, 15) is 0 Å². The van der Waals surface area contributed by atoms with Crippen LogP contribution < -0.4 is 0 Å². The van der Waals surface area contributed by atoms with Crippen molar-refractivity contribution in [2.75, 3.05) is 20.0 Å². The summed E-state index contributed by atoms with van der Waals surface area (Å²) in [6.07, 6.45) is 0. The summed E-state index contributed by atoms with van der Waals surface area (Å²) < 4.78 is 0. The Labute approximate surface area is 91.7 Å². The van der Waals surface area contributed by atoms with Crippen LogP contribution in [0.5, 0.6) is 0 Å². The third kappa shape index (κ3) is 7850. The molecule has 0 aromatic carbocycles. The number of carbonyl (C=O) groups excluding carboxylic acids is 4. The van der Waals surface area contributed by atoms with Gasteiger partial charge in [-0.25, -0.2) is 0 Å². The van der Waals surface area contributed by atoms with Gasteiger partial charge in [0.05, 0.1) is 0 Å². The predicted octanol–water partition coefficient (Wildman–Crippen LogP) is -0.233. The zero-order valence-corrected chi connectivity index (χ0v) is 9.43. The third-order valence-corrected chi connectivity index (χ3v) is 0. The van der Waals surface area contributed by atoms with Crippen LogP contribution in [0, 0.1) is 0 Å². The van der Waals surface area contributed by atoms with Gasteiger partial charge in [0, 0.05) is 17.1 Å². The molecule has 0 saturated carbocycles. The number of rotatable bonds is 0. The van der Waals surface area contributed by atoms with Crippen molar-refractivity contribution < 1.29 is 36.2 Å². The first-order valence-corrected chi connectivity index (χ1v) is 4.84. The van der Waals surface area contributed by atoms with E-state index in [4.69, 9.17) is 19.2 Å². The van der Waals surface area contributed by atoms with Gasteiger partial charge >= 0.3 is 0 Å². The van der Waals surface area contributed by atoms with E-state index in [0.29, 0.717) is 7.92 Å². The standard InChI is InChI=1S/C3H9P.4CO.Fe/c1-4(2)3;4*1-2;/h1-3H3;;;;;. The molecule has 0 aliphatic rings. The minimum absolute atomic E-state index is 0. The molecule has 0 bridgehead atoms. The second-order valence-corrected chi connectivity index (χ2v) is 4.02. The van der Waals surface area contributed by atoms with E-state index in [2.05, 4.69) is 47.2 Å². The molecule has 0 aliphatic carbocycles. The molecule has 6 heteroatoms. The Morgan fingerprint density at radius 1 is 0.615 bits per heavy atom. The average molecular weight is 244 g/mol. The van der Waals surface area contributed by atoms with Crippen molar-refractivity contribution in [1.82, 2.24) is 0 Å². The second-order valence-electron chi connectivity index (χ2n) is 1.34. The normalized spacial score (nSPS) is 4.00. The summed E-state index contributed by atoms with van der Waals surface area (Å²) in [6, 6.07) is 0. The minimum atomic E-state index is 0. The molecule has 0 aliphatic heterocycles. The van der Waals surface area contributed by atoms with Crippen LogP contribution in [0.3, 0.4) is 0 Å². The molecule has 4 nitrogen and oxygen atoms in total. The van der Waals surface area contributed by atoms with Gasteiger partial charge in [-0.15, -0.1) is 7.92 Å². The molecule has 0 atom stereocenters. The Hall–Kier alpha value is -0.371. The van der Waals surface area contributed by atoms with E-state index < -0.39 is 0 Å². The van der Waals surface area contributed by atoms with Crippen LogP contribution in [0.15, 0.2) is 0 Å². The summed E-state index contributed by atoms with van der Waals surface area (Å²) in [7, 11) is 0.380. The second kappa shape index (κ2) is 190. The molecule has 0 unspecified atom stereocenters. The number of hydrogen-bond donors (Lipinski definition) is 0. The molecule has 0 heterocycles. The quantitative estimate of drug-likeness (QED) is 0.435. The Balaban J connectivity index is -0.0000000122. The summed E-state index contributed by atoms with van der Waals surface area (Å²) in [5, 5.41) is 0. The molecular formula is C7H9FeO4P. The number of hydrogen-bond acceptors (Lipinski definition) is 4. The Morgan fingerprint density at radius 3 is 0.615 bits per heavy atom. The zero-order chi connectivity index (χ0) is 11.6. The summed E-state index contributed by atoms with van der Waals surface area (Å²) in [4.78, 5) is 30.0. The van der Waals surface area contributed by atoms with E-state index in [1.807, 2.05) is 0 Å². The molecule has 13 heavy (non-hydrogen) atoms. The van der Waals surface area contributed by atoms with Crippen molar-refractivity contribution in [3.63, 3.8) is 0 Å². The Morgan fingerprint density at radius 2 is 0.615 bits per heavy atom. The first-order valence-electron chi connectivity index (χ1n) is 2.16. The van der Waals surface area contributed by atoms with Gasteiger partial charge in [-0.2, -0.15) is 0 Å². The van der Waals surface area contributed by atoms with Gasteiger partial charge in [-0.05, 0) is 20.0 Å². The van der Waals surface area contributed by atoms with Crippen molar-refractivity contribution in [3.8, 4) is 0 Å². The fraction of sp³-hybridized carbons (Fsp3) is 0.429. The maximum absolute atomic E-state index is 7.50. The maximum atomic E-state index is 7.50. The molecule has 0 spiro atoms. The largest absolute Gasteiger partial charge is 0.281 e. The van der Waals surface area contributed by atoms with Gasteiger partial charge in [-0.3, -0.25) is 19.2 Å². The van der Waals surface area contributed by atoms with E-state index >= 15 is 0 Å². The summed E-state index contributed by atoms with van der Waals surface area (Å²) in [5.41, 5.74) is 0. The van der Waals surface area contributed by atoms with E-state index in [-0.39, 0.29) is 17.1 Å². The van der Waals surface area contributed by atoms with Crippen molar-refractivity contribution >= 4 is 35.1 Å². The van der Waals surface area contributed by atoms with Gasteiger partial charge in [0.15, 0.2) is 0 Å². The molecule has 0 saturated heterocycles. The van der Waals surface area contributed by atoms with Crippen LogP contribution >= 0.6 is 7.92 Å². The molecule has 8 radical (unpaired) electrons. The maximum Gasteiger partial charge on any atom is 0.281 e. The minimum Gasteiger partial charge on any atom is -0.281 e. The predicted molar refractivity (Wildman–Crippen MR) is 47.5 cm³/mol. The van der Waals surface area contributed by atoms with E-state index in [1.54, 1.807) is 0 Å². The van der Waals surface area contributed by atoms with Crippen LogP contribution in [-0.2, 0) is 36.2 Å². The molecule has 0 aromatic heterocycles. The van der Waals surface area contributed by atoms with Gasteiger partial charge in [0.25, 0.3) is 27.2 Å². The zero-order valence-electron chi connectivity index (χ0n) is 7.43. The van der Waals surface area contributed by atoms with Crippen molar-refractivity contribution in [1.29, 1.82) is 0 Å². The molecule has 74 valence electrons. The first-order chi connectivity index (χ1) is 5.73. The topological polar surface area (TPSA) is 68.3 Å². The van der Waals surface area contributed by atoms with Crippen LogP contribution in [0.1, 0.15) is 0 Å².